The number of amides is 2. The molecular formula is C20H23ClN2O3. The number of carbonyl (C=O) groups is 2. The molecule has 0 heterocycles. The summed E-state index contributed by atoms with van der Waals surface area (Å²) in [6, 6.07) is 13.8. The van der Waals surface area contributed by atoms with Gasteiger partial charge in [-0.1, -0.05) is 23.7 Å². The number of halogens is 1. The molecule has 0 aliphatic rings. The van der Waals surface area contributed by atoms with Crippen LogP contribution in [-0.2, 0) is 4.74 Å². The summed E-state index contributed by atoms with van der Waals surface area (Å²) in [5, 5.41) is 6.18. The van der Waals surface area contributed by atoms with Gasteiger partial charge in [0.05, 0.1) is 6.04 Å². The van der Waals surface area contributed by atoms with Crippen molar-refractivity contribution in [2.75, 3.05) is 5.32 Å². The van der Waals surface area contributed by atoms with Crippen LogP contribution in [0, 0.1) is 0 Å². The molecule has 0 aliphatic heterocycles. The van der Waals surface area contributed by atoms with Crippen molar-refractivity contribution >= 4 is 29.3 Å². The number of anilines is 1. The third kappa shape index (κ3) is 6.08. The first-order valence-corrected chi connectivity index (χ1v) is 8.68. The number of hydrogen-bond acceptors (Lipinski definition) is 3. The zero-order valence-corrected chi connectivity index (χ0v) is 16.1. The van der Waals surface area contributed by atoms with Crippen LogP contribution in [0.1, 0.15) is 49.7 Å². The smallest absolute Gasteiger partial charge is 0.412 e. The molecule has 0 saturated heterocycles. The lowest BCUT2D eigenvalue weighted by Gasteiger charge is -2.19. The van der Waals surface area contributed by atoms with Gasteiger partial charge in [0.2, 0.25) is 0 Å². The maximum absolute atomic E-state index is 12.4. The first kappa shape index (κ1) is 19.8. The van der Waals surface area contributed by atoms with Crippen LogP contribution in [0.15, 0.2) is 48.5 Å². The average Bonchev–Trinajstić information content (AvgIpc) is 2.53. The summed E-state index contributed by atoms with van der Waals surface area (Å²) in [5.74, 6) is -0.207. The highest BCUT2D eigenvalue weighted by atomic mass is 35.5. The predicted molar refractivity (Wildman–Crippen MR) is 104 cm³/mol. The minimum atomic E-state index is -0.569. The summed E-state index contributed by atoms with van der Waals surface area (Å²) in [6.45, 7) is 7.27. The van der Waals surface area contributed by atoms with E-state index in [1.165, 1.54) is 0 Å². The van der Waals surface area contributed by atoms with Crippen LogP contribution in [0.3, 0.4) is 0 Å². The molecule has 0 spiro atoms. The third-order valence-corrected chi connectivity index (χ3v) is 3.72. The van der Waals surface area contributed by atoms with Crippen LogP contribution in [0.4, 0.5) is 10.5 Å². The Morgan fingerprint density at radius 2 is 1.73 bits per heavy atom. The average molecular weight is 375 g/mol. The molecule has 138 valence electrons. The lowest BCUT2D eigenvalue weighted by Crippen LogP contribution is -2.27. The first-order chi connectivity index (χ1) is 12.1. The monoisotopic (exact) mass is 374 g/mol. The third-order valence-electron chi connectivity index (χ3n) is 3.49. The summed E-state index contributed by atoms with van der Waals surface area (Å²) in [5.41, 5.74) is 1.40. The SMILES string of the molecule is C[C@H](NC(=O)c1ccc(NC(=O)OC(C)(C)C)cc1)c1cccc(Cl)c1. The minimum Gasteiger partial charge on any atom is -0.444 e. The quantitative estimate of drug-likeness (QED) is 0.774. The molecule has 26 heavy (non-hydrogen) atoms. The van der Waals surface area contributed by atoms with Crippen molar-refractivity contribution in [3.05, 3.63) is 64.7 Å². The predicted octanol–water partition coefficient (Wildman–Crippen LogP) is 5.18. The summed E-state index contributed by atoms with van der Waals surface area (Å²) in [4.78, 5) is 24.1. The lowest BCUT2D eigenvalue weighted by molar-refractivity contribution is 0.0635. The second-order valence-electron chi connectivity index (χ2n) is 6.95. The van der Waals surface area contributed by atoms with Crippen LogP contribution < -0.4 is 10.6 Å². The van der Waals surface area contributed by atoms with Crippen molar-refractivity contribution in [1.82, 2.24) is 5.32 Å². The van der Waals surface area contributed by atoms with Crippen LogP contribution in [0.25, 0.3) is 0 Å². The Kier molecular flexibility index (Phi) is 6.27. The van der Waals surface area contributed by atoms with Crippen LogP contribution in [-0.4, -0.2) is 17.6 Å². The molecule has 6 heteroatoms. The van der Waals surface area contributed by atoms with Gasteiger partial charge < -0.3 is 10.1 Å². The molecule has 5 nitrogen and oxygen atoms in total. The van der Waals surface area contributed by atoms with Crippen molar-refractivity contribution in [1.29, 1.82) is 0 Å². The molecule has 1 atom stereocenters. The van der Waals surface area contributed by atoms with Gasteiger partial charge in [-0.15, -0.1) is 0 Å². The van der Waals surface area contributed by atoms with Gasteiger partial charge in [-0.05, 0) is 69.7 Å². The molecule has 0 aliphatic carbocycles. The van der Waals surface area contributed by atoms with E-state index in [1.807, 2.05) is 25.1 Å². The molecule has 0 radical (unpaired) electrons. The molecule has 0 fully saturated rings. The summed E-state index contributed by atoms with van der Waals surface area (Å²) in [6.07, 6.45) is -0.538. The van der Waals surface area contributed by atoms with E-state index >= 15 is 0 Å². The first-order valence-electron chi connectivity index (χ1n) is 8.30. The Morgan fingerprint density at radius 3 is 2.31 bits per heavy atom. The second kappa shape index (κ2) is 8.23. The van der Waals surface area contributed by atoms with Crippen LogP contribution in [0.5, 0.6) is 0 Å². The number of benzene rings is 2. The van der Waals surface area contributed by atoms with E-state index in [0.29, 0.717) is 16.3 Å². The summed E-state index contributed by atoms with van der Waals surface area (Å²) >= 11 is 5.98. The lowest BCUT2D eigenvalue weighted by atomic mass is 10.1. The van der Waals surface area contributed by atoms with Gasteiger partial charge in [-0.3, -0.25) is 10.1 Å². The Labute approximate surface area is 158 Å². The highest BCUT2D eigenvalue weighted by molar-refractivity contribution is 6.30. The standard InChI is InChI=1S/C20H23ClN2O3/c1-13(15-6-5-7-16(21)12-15)22-18(24)14-8-10-17(11-9-14)23-19(25)26-20(2,3)4/h5-13H,1-4H3,(H,22,24)(H,23,25)/t13-/m0/s1. The highest BCUT2D eigenvalue weighted by Gasteiger charge is 2.16. The fourth-order valence-electron chi connectivity index (χ4n) is 2.27. The maximum atomic E-state index is 12.4. The molecule has 2 rings (SSSR count). The van der Waals surface area contributed by atoms with Crippen LogP contribution in [0.2, 0.25) is 5.02 Å². The van der Waals surface area contributed by atoms with E-state index in [-0.39, 0.29) is 11.9 Å². The van der Waals surface area contributed by atoms with Gasteiger partial charge in [-0.2, -0.15) is 0 Å². The molecule has 0 bridgehead atoms. The van der Waals surface area contributed by atoms with Gasteiger partial charge in [-0.25, -0.2) is 4.79 Å². The number of carbonyl (C=O) groups excluding carboxylic acids is 2. The maximum Gasteiger partial charge on any atom is 0.412 e. The molecule has 2 N–H and O–H groups in total. The van der Waals surface area contributed by atoms with Crippen molar-refractivity contribution in [3.63, 3.8) is 0 Å². The van der Waals surface area contributed by atoms with Crippen molar-refractivity contribution < 1.29 is 14.3 Å². The van der Waals surface area contributed by atoms with Crippen molar-refractivity contribution in [3.8, 4) is 0 Å². The molecular weight excluding hydrogens is 352 g/mol. The topological polar surface area (TPSA) is 67.4 Å². The largest absolute Gasteiger partial charge is 0.444 e. The van der Waals surface area contributed by atoms with E-state index in [9.17, 15) is 9.59 Å². The van der Waals surface area contributed by atoms with Gasteiger partial charge >= 0.3 is 6.09 Å². The van der Waals surface area contributed by atoms with Gasteiger partial charge in [0.1, 0.15) is 5.60 Å². The van der Waals surface area contributed by atoms with Crippen molar-refractivity contribution in [2.45, 2.75) is 39.3 Å². The minimum absolute atomic E-state index is 0.180. The number of ether oxygens (including phenoxy) is 1. The van der Waals surface area contributed by atoms with E-state index in [2.05, 4.69) is 10.6 Å². The van der Waals surface area contributed by atoms with E-state index in [4.69, 9.17) is 16.3 Å². The van der Waals surface area contributed by atoms with Gasteiger partial charge in [0, 0.05) is 16.3 Å². The molecule has 0 aromatic heterocycles. The Bertz CT molecular complexity index is 782. The van der Waals surface area contributed by atoms with E-state index in [1.54, 1.807) is 51.1 Å². The summed E-state index contributed by atoms with van der Waals surface area (Å²) < 4.78 is 5.19. The number of nitrogens with one attached hydrogen (secondary N) is 2. The van der Waals surface area contributed by atoms with E-state index < -0.39 is 11.7 Å². The number of rotatable bonds is 4. The second-order valence-corrected chi connectivity index (χ2v) is 7.39. The van der Waals surface area contributed by atoms with Gasteiger partial charge in [0.25, 0.3) is 5.91 Å². The fraction of sp³-hybridized carbons (Fsp3) is 0.300. The van der Waals surface area contributed by atoms with Crippen molar-refractivity contribution in [2.24, 2.45) is 0 Å². The Morgan fingerprint density at radius 1 is 1.08 bits per heavy atom. The Hall–Kier alpha value is -2.53. The zero-order chi connectivity index (χ0) is 19.3. The molecule has 2 aromatic rings. The van der Waals surface area contributed by atoms with Gasteiger partial charge in [0.15, 0.2) is 0 Å². The number of hydrogen-bond donors (Lipinski definition) is 2. The van der Waals surface area contributed by atoms with E-state index in [0.717, 1.165) is 5.56 Å². The molecule has 0 saturated carbocycles. The summed E-state index contributed by atoms with van der Waals surface area (Å²) in [7, 11) is 0. The Balaban J connectivity index is 1.97. The van der Waals surface area contributed by atoms with Crippen LogP contribution >= 0.6 is 11.6 Å². The molecule has 2 amide bonds. The molecule has 2 aromatic carbocycles. The molecule has 0 unspecified atom stereocenters. The fourth-order valence-corrected chi connectivity index (χ4v) is 2.46. The highest BCUT2D eigenvalue weighted by Crippen LogP contribution is 2.18. The zero-order valence-electron chi connectivity index (χ0n) is 15.3. The normalized spacial score (nSPS) is 12.2.